The lowest BCUT2D eigenvalue weighted by molar-refractivity contribution is -0.147. The number of rotatable bonds is 5. The van der Waals surface area contributed by atoms with Gasteiger partial charge in [-0.25, -0.2) is 9.59 Å². The summed E-state index contributed by atoms with van der Waals surface area (Å²) < 4.78 is 9.71. The Kier molecular flexibility index (Phi) is 6.92. The Morgan fingerprint density at radius 1 is 0.875 bits per heavy atom. The van der Waals surface area contributed by atoms with Gasteiger partial charge in [0.25, 0.3) is 0 Å². The van der Waals surface area contributed by atoms with Crippen molar-refractivity contribution in [2.75, 3.05) is 13.2 Å². The second-order valence-electron chi connectivity index (χ2n) is 3.22. The monoisotopic (exact) mass is 226 g/mol. The van der Waals surface area contributed by atoms with E-state index in [-0.39, 0.29) is 25.2 Å². The highest BCUT2D eigenvalue weighted by atomic mass is 16.6. The van der Waals surface area contributed by atoms with Crippen LogP contribution in [0.3, 0.4) is 0 Å². The van der Waals surface area contributed by atoms with Gasteiger partial charge in [-0.05, 0) is 27.7 Å². The largest absolute Gasteiger partial charge is 0.459 e. The van der Waals surface area contributed by atoms with Crippen LogP contribution in [0.1, 0.15) is 27.7 Å². The van der Waals surface area contributed by atoms with Crippen LogP contribution in [0.25, 0.3) is 0 Å². The van der Waals surface area contributed by atoms with Crippen molar-refractivity contribution in [3.8, 4) is 0 Å². The highest BCUT2D eigenvalue weighted by Crippen LogP contribution is 1.98. The van der Waals surface area contributed by atoms with Gasteiger partial charge in [-0.1, -0.05) is 12.2 Å². The summed E-state index contributed by atoms with van der Waals surface area (Å²) >= 11 is 0. The average molecular weight is 226 g/mol. The molecule has 0 amide bonds. The van der Waals surface area contributed by atoms with Crippen LogP contribution in [0.4, 0.5) is 0 Å². The van der Waals surface area contributed by atoms with Crippen LogP contribution in [0.5, 0.6) is 0 Å². The van der Waals surface area contributed by atoms with Crippen molar-refractivity contribution in [2.45, 2.75) is 27.7 Å². The van der Waals surface area contributed by atoms with E-state index in [9.17, 15) is 9.59 Å². The fraction of sp³-hybridized carbons (Fsp3) is 0.500. The summed E-state index contributed by atoms with van der Waals surface area (Å²) in [5.74, 6) is -0.775. The predicted octanol–water partition coefficient (Wildman–Crippen LogP) is 2.01. The maximum atomic E-state index is 11.2. The van der Waals surface area contributed by atoms with Gasteiger partial charge in [0.1, 0.15) is 13.2 Å². The highest BCUT2D eigenvalue weighted by Gasteiger charge is 2.06. The number of ether oxygens (including phenoxy) is 2. The molecule has 0 saturated carbocycles. The number of hydrogen-bond acceptors (Lipinski definition) is 4. The molecule has 0 aromatic rings. The Balaban J connectivity index is 3.78. The number of hydrogen-bond donors (Lipinski definition) is 0. The van der Waals surface area contributed by atoms with E-state index in [1.54, 1.807) is 39.8 Å². The summed E-state index contributed by atoms with van der Waals surface area (Å²) in [6, 6.07) is 0. The molecule has 0 aromatic carbocycles. The Morgan fingerprint density at radius 2 is 1.19 bits per heavy atom. The molecule has 4 nitrogen and oxygen atoms in total. The van der Waals surface area contributed by atoms with Gasteiger partial charge in [0, 0.05) is 11.1 Å². The van der Waals surface area contributed by atoms with Crippen LogP contribution in [0.2, 0.25) is 0 Å². The van der Waals surface area contributed by atoms with E-state index >= 15 is 0 Å². The molecule has 4 heteroatoms. The van der Waals surface area contributed by atoms with E-state index in [0.29, 0.717) is 11.1 Å². The summed E-state index contributed by atoms with van der Waals surface area (Å²) in [5.41, 5.74) is 1.08. The molecule has 0 aromatic heterocycles. The molecule has 0 atom stereocenters. The van der Waals surface area contributed by atoms with Crippen molar-refractivity contribution in [1.82, 2.24) is 0 Å². The molecule has 0 rings (SSSR count). The molecule has 0 spiro atoms. The van der Waals surface area contributed by atoms with Gasteiger partial charge in [0.15, 0.2) is 0 Å². The Hall–Kier alpha value is -1.58. The van der Waals surface area contributed by atoms with E-state index < -0.39 is 0 Å². The second kappa shape index (κ2) is 7.68. The van der Waals surface area contributed by atoms with Gasteiger partial charge in [0.2, 0.25) is 0 Å². The quantitative estimate of drug-likeness (QED) is 0.409. The van der Waals surface area contributed by atoms with Gasteiger partial charge in [-0.3, -0.25) is 0 Å². The molecule has 0 radical (unpaired) electrons. The number of esters is 2. The third-order valence-electron chi connectivity index (χ3n) is 2.06. The first kappa shape index (κ1) is 14.4. The molecule has 0 aliphatic carbocycles. The van der Waals surface area contributed by atoms with Crippen LogP contribution >= 0.6 is 0 Å². The lowest BCUT2D eigenvalue weighted by atomic mass is 10.3. The summed E-state index contributed by atoms with van der Waals surface area (Å²) in [5, 5.41) is 0. The third-order valence-corrected chi connectivity index (χ3v) is 2.06. The van der Waals surface area contributed by atoms with Gasteiger partial charge in [-0.2, -0.15) is 0 Å². The normalized spacial score (nSPS) is 12.2. The fourth-order valence-electron chi connectivity index (χ4n) is 0.732. The molecule has 0 bridgehead atoms. The maximum Gasteiger partial charge on any atom is 0.333 e. The van der Waals surface area contributed by atoms with Crippen LogP contribution in [-0.2, 0) is 19.1 Å². The number of carbonyl (C=O) groups is 2. The number of allylic oxidation sites excluding steroid dienone is 2. The number of carbonyl (C=O) groups excluding carboxylic acids is 2. The lowest BCUT2D eigenvalue weighted by Gasteiger charge is -2.06. The zero-order valence-electron chi connectivity index (χ0n) is 10.2. The first-order chi connectivity index (χ1) is 7.52. The minimum Gasteiger partial charge on any atom is -0.459 e. The van der Waals surface area contributed by atoms with Gasteiger partial charge in [-0.15, -0.1) is 0 Å². The van der Waals surface area contributed by atoms with E-state index in [4.69, 9.17) is 9.47 Å². The topological polar surface area (TPSA) is 52.6 Å². The van der Waals surface area contributed by atoms with Crippen molar-refractivity contribution in [2.24, 2.45) is 0 Å². The molecule has 0 saturated heterocycles. The lowest BCUT2D eigenvalue weighted by Crippen LogP contribution is -2.14. The summed E-state index contributed by atoms with van der Waals surface area (Å²) in [6.07, 6.45) is 3.33. The molecule has 0 aliphatic heterocycles. The van der Waals surface area contributed by atoms with E-state index in [1.165, 1.54) is 0 Å². The minimum absolute atomic E-state index is 0.0761. The van der Waals surface area contributed by atoms with E-state index in [1.807, 2.05) is 0 Å². The average Bonchev–Trinajstić information content (AvgIpc) is 2.31. The highest BCUT2D eigenvalue weighted by molar-refractivity contribution is 5.88. The zero-order valence-corrected chi connectivity index (χ0v) is 10.2. The molecule has 0 heterocycles. The Morgan fingerprint density at radius 3 is 1.44 bits per heavy atom. The third kappa shape index (κ3) is 5.34. The molecule has 16 heavy (non-hydrogen) atoms. The fourth-order valence-corrected chi connectivity index (χ4v) is 0.732. The first-order valence-electron chi connectivity index (χ1n) is 5.13. The van der Waals surface area contributed by atoms with Crippen LogP contribution in [-0.4, -0.2) is 25.2 Å². The van der Waals surface area contributed by atoms with Crippen molar-refractivity contribution in [3.05, 3.63) is 23.3 Å². The predicted molar refractivity (Wildman–Crippen MR) is 60.8 cm³/mol. The summed E-state index contributed by atoms with van der Waals surface area (Å²) in [6.45, 7) is 6.99. The smallest absolute Gasteiger partial charge is 0.333 e. The summed E-state index contributed by atoms with van der Waals surface area (Å²) in [4.78, 5) is 22.3. The minimum atomic E-state index is -0.388. The van der Waals surface area contributed by atoms with Gasteiger partial charge in [0.05, 0.1) is 0 Å². The van der Waals surface area contributed by atoms with Crippen LogP contribution in [0.15, 0.2) is 23.3 Å². The second-order valence-corrected chi connectivity index (χ2v) is 3.22. The Bertz CT molecular complexity index is 281. The SMILES string of the molecule is C/C=C(\C)C(=O)OCCOC(=O)/C(C)=C/C. The van der Waals surface area contributed by atoms with Crippen LogP contribution < -0.4 is 0 Å². The molecule has 0 fully saturated rings. The van der Waals surface area contributed by atoms with Crippen molar-refractivity contribution < 1.29 is 19.1 Å². The van der Waals surface area contributed by atoms with Crippen molar-refractivity contribution in [3.63, 3.8) is 0 Å². The molecular formula is C12H18O4. The maximum absolute atomic E-state index is 11.2. The Labute approximate surface area is 95.9 Å². The molecule has 0 aliphatic rings. The van der Waals surface area contributed by atoms with E-state index in [2.05, 4.69) is 0 Å². The molecule has 0 N–H and O–H groups in total. The zero-order chi connectivity index (χ0) is 12.6. The van der Waals surface area contributed by atoms with Crippen molar-refractivity contribution >= 4 is 11.9 Å². The molecule has 90 valence electrons. The first-order valence-corrected chi connectivity index (χ1v) is 5.13. The van der Waals surface area contributed by atoms with Crippen molar-refractivity contribution in [1.29, 1.82) is 0 Å². The van der Waals surface area contributed by atoms with Gasteiger partial charge >= 0.3 is 11.9 Å². The van der Waals surface area contributed by atoms with Crippen LogP contribution in [0, 0.1) is 0 Å². The standard InChI is InChI=1S/C12H18O4/c1-5-9(3)11(13)15-7-8-16-12(14)10(4)6-2/h5-6H,7-8H2,1-4H3/b9-5+,10-6+. The molecule has 0 unspecified atom stereocenters. The van der Waals surface area contributed by atoms with E-state index in [0.717, 1.165) is 0 Å². The summed E-state index contributed by atoms with van der Waals surface area (Å²) in [7, 11) is 0. The molecular weight excluding hydrogens is 208 g/mol. The van der Waals surface area contributed by atoms with Gasteiger partial charge < -0.3 is 9.47 Å².